The smallest absolute Gasteiger partial charge is 0.137 e. The number of hydrogen-bond donors (Lipinski definition) is 1. The van der Waals surface area contributed by atoms with Crippen LogP contribution in [0.3, 0.4) is 0 Å². The molecule has 1 N–H and O–H groups in total. The number of rotatable bonds is 5. The summed E-state index contributed by atoms with van der Waals surface area (Å²) in [5.41, 5.74) is 0.774. The van der Waals surface area contributed by atoms with Gasteiger partial charge < -0.3 is 9.84 Å². The Hall–Kier alpha value is -0.450. The molecule has 0 heterocycles. The lowest BCUT2D eigenvalue weighted by Crippen LogP contribution is -2.19. The molecule has 2 nitrogen and oxygen atoms in total. The van der Waals surface area contributed by atoms with E-state index in [4.69, 9.17) is 4.74 Å². The van der Waals surface area contributed by atoms with Gasteiger partial charge in [0.1, 0.15) is 5.82 Å². The highest BCUT2D eigenvalue weighted by molar-refractivity contribution is 9.10. The van der Waals surface area contributed by atoms with Crippen LogP contribution in [0.5, 0.6) is 0 Å². The summed E-state index contributed by atoms with van der Waals surface area (Å²) in [5.74, 6) is -0.301. The monoisotopic (exact) mass is 290 g/mol. The topological polar surface area (TPSA) is 29.5 Å². The number of aliphatic hydroxyl groups excluding tert-OH is 1. The Morgan fingerprint density at radius 3 is 2.81 bits per heavy atom. The highest BCUT2D eigenvalue weighted by Crippen LogP contribution is 2.22. The molecule has 1 aromatic carbocycles. The predicted octanol–water partition coefficient (Wildman–Crippen LogP) is 2.92. The van der Waals surface area contributed by atoms with E-state index < -0.39 is 6.10 Å². The van der Waals surface area contributed by atoms with Gasteiger partial charge in [0.05, 0.1) is 16.7 Å². The summed E-state index contributed by atoms with van der Waals surface area (Å²) in [6, 6.07) is 4.83. The fourth-order valence-electron chi connectivity index (χ4n) is 1.52. The molecule has 0 aliphatic carbocycles. The molecule has 0 aliphatic rings. The molecule has 0 fully saturated rings. The van der Waals surface area contributed by atoms with Crippen molar-refractivity contribution in [3.05, 3.63) is 34.1 Å². The molecule has 0 saturated carbocycles. The summed E-state index contributed by atoms with van der Waals surface area (Å²) in [6.45, 7) is 1.89. The van der Waals surface area contributed by atoms with Gasteiger partial charge in [0, 0.05) is 7.11 Å². The summed E-state index contributed by atoms with van der Waals surface area (Å²) < 4.78 is 18.7. The molecule has 4 heteroatoms. The summed E-state index contributed by atoms with van der Waals surface area (Å²) in [6.07, 6.45) is 0.446. The fourth-order valence-corrected chi connectivity index (χ4v) is 1.95. The van der Waals surface area contributed by atoms with E-state index in [-0.39, 0.29) is 11.9 Å². The first-order valence-corrected chi connectivity index (χ1v) is 5.97. The summed E-state index contributed by atoms with van der Waals surface area (Å²) >= 11 is 3.17. The average Bonchev–Trinajstić information content (AvgIpc) is 2.24. The summed E-state index contributed by atoms with van der Waals surface area (Å²) in [7, 11) is 1.61. The maximum atomic E-state index is 13.2. The van der Waals surface area contributed by atoms with E-state index in [1.807, 2.05) is 6.92 Å². The van der Waals surface area contributed by atoms with Crippen molar-refractivity contribution in [3.8, 4) is 0 Å². The van der Waals surface area contributed by atoms with Crippen LogP contribution in [-0.4, -0.2) is 24.4 Å². The van der Waals surface area contributed by atoms with Crippen LogP contribution in [0.1, 0.15) is 18.9 Å². The first-order chi connectivity index (χ1) is 7.54. The van der Waals surface area contributed by atoms with Gasteiger partial charge in [-0.25, -0.2) is 4.39 Å². The zero-order valence-electron chi connectivity index (χ0n) is 9.41. The fraction of sp³-hybridized carbons (Fsp3) is 0.500. The zero-order chi connectivity index (χ0) is 12.1. The first kappa shape index (κ1) is 13.6. The Morgan fingerprint density at radius 1 is 1.50 bits per heavy atom. The van der Waals surface area contributed by atoms with Crippen LogP contribution in [0.15, 0.2) is 22.7 Å². The minimum atomic E-state index is -0.520. The van der Waals surface area contributed by atoms with Crippen LogP contribution in [0, 0.1) is 5.82 Å². The van der Waals surface area contributed by atoms with Crippen molar-refractivity contribution in [1.82, 2.24) is 0 Å². The molecule has 0 radical (unpaired) electrons. The van der Waals surface area contributed by atoms with Crippen LogP contribution in [-0.2, 0) is 11.2 Å². The molecule has 0 aromatic heterocycles. The molecule has 0 spiro atoms. The van der Waals surface area contributed by atoms with Gasteiger partial charge in [0.2, 0.25) is 0 Å². The highest BCUT2D eigenvalue weighted by atomic mass is 79.9. The second-order valence-electron chi connectivity index (χ2n) is 3.85. The van der Waals surface area contributed by atoms with Gasteiger partial charge in [0.15, 0.2) is 0 Å². The van der Waals surface area contributed by atoms with E-state index >= 15 is 0 Å². The lowest BCUT2D eigenvalue weighted by molar-refractivity contribution is 0.0565. The molecular weight excluding hydrogens is 275 g/mol. The maximum absolute atomic E-state index is 13.2. The number of methoxy groups -OCH3 is 1. The minimum absolute atomic E-state index is 0.00216. The molecule has 0 aliphatic heterocycles. The largest absolute Gasteiger partial charge is 0.393 e. The SMILES string of the molecule is COC(C)CC(O)Cc1cccc(F)c1Br. The third-order valence-electron chi connectivity index (χ3n) is 2.49. The van der Waals surface area contributed by atoms with Gasteiger partial charge in [0.25, 0.3) is 0 Å². The molecular formula is C12H16BrFO2. The summed E-state index contributed by atoms with van der Waals surface area (Å²) in [5, 5.41) is 9.80. The van der Waals surface area contributed by atoms with Crippen molar-refractivity contribution in [1.29, 1.82) is 0 Å². The Balaban J connectivity index is 2.62. The Bertz CT molecular complexity index is 344. The maximum Gasteiger partial charge on any atom is 0.137 e. The van der Waals surface area contributed by atoms with E-state index in [1.54, 1.807) is 19.2 Å². The van der Waals surface area contributed by atoms with E-state index in [0.29, 0.717) is 17.3 Å². The lowest BCUT2D eigenvalue weighted by atomic mass is 10.0. The van der Waals surface area contributed by atoms with Gasteiger partial charge in [-0.15, -0.1) is 0 Å². The highest BCUT2D eigenvalue weighted by Gasteiger charge is 2.13. The Kier molecular flexibility index (Phi) is 5.38. The quantitative estimate of drug-likeness (QED) is 0.904. The molecule has 16 heavy (non-hydrogen) atoms. The molecule has 0 saturated heterocycles. The van der Waals surface area contributed by atoms with Crippen LogP contribution >= 0.6 is 15.9 Å². The third kappa shape index (κ3) is 3.85. The average molecular weight is 291 g/mol. The van der Waals surface area contributed by atoms with Crippen LogP contribution in [0.25, 0.3) is 0 Å². The molecule has 90 valence electrons. The molecule has 1 aromatic rings. The van der Waals surface area contributed by atoms with Crippen LogP contribution < -0.4 is 0 Å². The number of aliphatic hydroxyl groups is 1. The molecule has 2 atom stereocenters. The zero-order valence-corrected chi connectivity index (χ0v) is 11.0. The van der Waals surface area contributed by atoms with Crippen LogP contribution in [0.2, 0.25) is 0 Å². The second-order valence-corrected chi connectivity index (χ2v) is 4.65. The Morgan fingerprint density at radius 2 is 2.19 bits per heavy atom. The van der Waals surface area contributed by atoms with Crippen LogP contribution in [0.4, 0.5) is 4.39 Å². The normalized spacial score (nSPS) is 14.8. The van der Waals surface area contributed by atoms with Crippen molar-refractivity contribution < 1.29 is 14.2 Å². The number of hydrogen-bond acceptors (Lipinski definition) is 2. The summed E-state index contributed by atoms with van der Waals surface area (Å²) in [4.78, 5) is 0. The number of benzene rings is 1. The number of ether oxygens (including phenoxy) is 1. The second kappa shape index (κ2) is 6.33. The molecule has 0 amide bonds. The third-order valence-corrected chi connectivity index (χ3v) is 3.38. The van der Waals surface area contributed by atoms with E-state index in [9.17, 15) is 9.50 Å². The lowest BCUT2D eigenvalue weighted by Gasteiger charge is -2.16. The van der Waals surface area contributed by atoms with Gasteiger partial charge in [-0.3, -0.25) is 0 Å². The van der Waals surface area contributed by atoms with Crippen molar-refractivity contribution in [2.24, 2.45) is 0 Å². The van der Waals surface area contributed by atoms with Crippen molar-refractivity contribution >= 4 is 15.9 Å². The van der Waals surface area contributed by atoms with Gasteiger partial charge in [-0.05, 0) is 47.3 Å². The Labute approximate surface area is 104 Å². The standard InChI is InChI=1S/C12H16BrFO2/c1-8(16-2)6-10(15)7-9-4-3-5-11(14)12(9)13/h3-5,8,10,15H,6-7H2,1-2H3. The van der Waals surface area contributed by atoms with Crippen molar-refractivity contribution in [2.45, 2.75) is 32.0 Å². The first-order valence-electron chi connectivity index (χ1n) is 5.18. The van der Waals surface area contributed by atoms with Gasteiger partial charge in [-0.1, -0.05) is 12.1 Å². The molecule has 2 unspecified atom stereocenters. The number of halogens is 2. The van der Waals surface area contributed by atoms with E-state index in [1.165, 1.54) is 6.07 Å². The minimum Gasteiger partial charge on any atom is -0.393 e. The van der Waals surface area contributed by atoms with Crippen molar-refractivity contribution in [3.63, 3.8) is 0 Å². The van der Waals surface area contributed by atoms with Gasteiger partial charge >= 0.3 is 0 Å². The van der Waals surface area contributed by atoms with Gasteiger partial charge in [-0.2, -0.15) is 0 Å². The van der Waals surface area contributed by atoms with E-state index in [0.717, 1.165) is 5.56 Å². The molecule has 0 bridgehead atoms. The van der Waals surface area contributed by atoms with Crippen molar-refractivity contribution in [2.75, 3.05) is 7.11 Å². The van der Waals surface area contributed by atoms with E-state index in [2.05, 4.69) is 15.9 Å². The molecule has 1 rings (SSSR count). The predicted molar refractivity (Wildman–Crippen MR) is 64.9 cm³/mol.